The van der Waals surface area contributed by atoms with Gasteiger partial charge in [-0.25, -0.2) is 0 Å². The maximum Gasteiger partial charge on any atom is 0.119 e. The molecule has 1 fully saturated rings. The summed E-state index contributed by atoms with van der Waals surface area (Å²) in [6.07, 6.45) is 5.36. The van der Waals surface area contributed by atoms with Crippen LogP contribution in [0.4, 0.5) is 0 Å². The van der Waals surface area contributed by atoms with Crippen molar-refractivity contribution in [3.8, 4) is 5.75 Å². The minimum Gasteiger partial charge on any atom is -0.491 e. The van der Waals surface area contributed by atoms with Gasteiger partial charge < -0.3 is 10.1 Å². The van der Waals surface area contributed by atoms with Gasteiger partial charge in [-0.3, -0.25) is 0 Å². The molecular formula is C15H23NO. The predicted octanol–water partition coefficient (Wildman–Crippen LogP) is 3.29. The zero-order valence-corrected chi connectivity index (χ0v) is 10.9. The fourth-order valence-electron chi connectivity index (χ4n) is 1.89. The van der Waals surface area contributed by atoms with E-state index in [9.17, 15) is 0 Å². The van der Waals surface area contributed by atoms with Crippen LogP contribution in [0.5, 0.6) is 5.75 Å². The molecule has 1 saturated carbocycles. The van der Waals surface area contributed by atoms with E-state index in [1.165, 1.54) is 24.8 Å². The minimum absolute atomic E-state index is 0.304. The molecule has 0 bridgehead atoms. The van der Waals surface area contributed by atoms with Crippen molar-refractivity contribution in [3.05, 3.63) is 29.8 Å². The molecule has 0 spiro atoms. The fourth-order valence-corrected chi connectivity index (χ4v) is 1.89. The smallest absolute Gasteiger partial charge is 0.119 e. The number of rotatable bonds is 7. The molecule has 1 atom stereocenters. The van der Waals surface area contributed by atoms with Gasteiger partial charge in [0.25, 0.3) is 0 Å². The van der Waals surface area contributed by atoms with Crippen molar-refractivity contribution < 1.29 is 4.74 Å². The van der Waals surface area contributed by atoms with Crippen molar-refractivity contribution in [3.63, 3.8) is 0 Å². The Morgan fingerprint density at radius 2 is 2.00 bits per heavy atom. The van der Waals surface area contributed by atoms with Crippen LogP contribution < -0.4 is 10.1 Å². The molecule has 17 heavy (non-hydrogen) atoms. The highest BCUT2D eigenvalue weighted by atomic mass is 16.5. The zero-order valence-electron chi connectivity index (χ0n) is 10.9. The lowest BCUT2D eigenvalue weighted by molar-refractivity contribution is 0.207. The Morgan fingerprint density at radius 3 is 2.65 bits per heavy atom. The molecule has 1 aliphatic carbocycles. The SMILES string of the molecule is Cc1ccc(OC(C)CCCNC2CC2)cc1. The summed E-state index contributed by atoms with van der Waals surface area (Å²) in [5.74, 6) is 0.984. The van der Waals surface area contributed by atoms with E-state index in [4.69, 9.17) is 4.74 Å². The van der Waals surface area contributed by atoms with Crippen LogP contribution in [-0.4, -0.2) is 18.7 Å². The Balaban J connectivity index is 1.61. The third kappa shape index (κ3) is 4.78. The van der Waals surface area contributed by atoms with Crippen LogP contribution >= 0.6 is 0 Å². The average Bonchev–Trinajstić information content (AvgIpc) is 3.12. The van der Waals surface area contributed by atoms with Gasteiger partial charge in [-0.1, -0.05) is 17.7 Å². The molecule has 0 aliphatic heterocycles. The molecular weight excluding hydrogens is 210 g/mol. The molecule has 1 aliphatic rings. The first-order valence-corrected chi connectivity index (χ1v) is 6.71. The van der Waals surface area contributed by atoms with Gasteiger partial charge in [0.15, 0.2) is 0 Å². The summed E-state index contributed by atoms with van der Waals surface area (Å²) >= 11 is 0. The summed E-state index contributed by atoms with van der Waals surface area (Å²) in [6, 6.07) is 9.11. The highest BCUT2D eigenvalue weighted by Gasteiger charge is 2.19. The highest BCUT2D eigenvalue weighted by Crippen LogP contribution is 2.19. The van der Waals surface area contributed by atoms with Crippen LogP contribution in [0.25, 0.3) is 0 Å². The highest BCUT2D eigenvalue weighted by molar-refractivity contribution is 5.26. The van der Waals surface area contributed by atoms with E-state index in [2.05, 4.69) is 31.3 Å². The maximum absolute atomic E-state index is 5.86. The summed E-state index contributed by atoms with van der Waals surface area (Å²) in [5.41, 5.74) is 1.28. The summed E-state index contributed by atoms with van der Waals surface area (Å²) in [4.78, 5) is 0. The molecule has 0 radical (unpaired) electrons. The maximum atomic E-state index is 5.86. The van der Waals surface area contributed by atoms with Gasteiger partial charge in [0.2, 0.25) is 0 Å². The van der Waals surface area contributed by atoms with Crippen molar-refractivity contribution >= 4 is 0 Å². The number of hydrogen-bond donors (Lipinski definition) is 1. The number of nitrogens with one attached hydrogen (secondary N) is 1. The lowest BCUT2D eigenvalue weighted by Crippen LogP contribution is -2.20. The van der Waals surface area contributed by atoms with E-state index in [0.717, 1.165) is 24.8 Å². The Morgan fingerprint density at radius 1 is 1.29 bits per heavy atom. The number of aryl methyl sites for hydroxylation is 1. The van der Waals surface area contributed by atoms with Gasteiger partial charge >= 0.3 is 0 Å². The van der Waals surface area contributed by atoms with Crippen molar-refractivity contribution in [1.82, 2.24) is 5.32 Å². The van der Waals surface area contributed by atoms with Gasteiger partial charge in [0, 0.05) is 6.04 Å². The Hall–Kier alpha value is -1.02. The van der Waals surface area contributed by atoms with Crippen molar-refractivity contribution in [2.45, 2.75) is 51.7 Å². The minimum atomic E-state index is 0.304. The van der Waals surface area contributed by atoms with Crippen molar-refractivity contribution in [2.24, 2.45) is 0 Å². The largest absolute Gasteiger partial charge is 0.491 e. The molecule has 0 aromatic heterocycles. The Kier molecular flexibility index (Phi) is 4.43. The average molecular weight is 233 g/mol. The van der Waals surface area contributed by atoms with Crippen molar-refractivity contribution in [2.75, 3.05) is 6.54 Å². The van der Waals surface area contributed by atoms with Crippen LogP contribution in [0.3, 0.4) is 0 Å². The van der Waals surface area contributed by atoms with E-state index >= 15 is 0 Å². The van der Waals surface area contributed by atoms with E-state index in [1.807, 2.05) is 12.1 Å². The molecule has 2 heteroatoms. The van der Waals surface area contributed by atoms with Gasteiger partial charge in [0.1, 0.15) is 5.75 Å². The van der Waals surface area contributed by atoms with Gasteiger partial charge in [0.05, 0.1) is 6.10 Å². The molecule has 0 amide bonds. The number of ether oxygens (including phenoxy) is 1. The van der Waals surface area contributed by atoms with Crippen LogP contribution in [-0.2, 0) is 0 Å². The van der Waals surface area contributed by atoms with Gasteiger partial charge in [-0.2, -0.15) is 0 Å². The molecule has 1 unspecified atom stereocenters. The molecule has 94 valence electrons. The Bertz CT molecular complexity index is 329. The lowest BCUT2D eigenvalue weighted by Gasteiger charge is -2.14. The molecule has 2 rings (SSSR count). The summed E-state index contributed by atoms with van der Waals surface area (Å²) in [5, 5.41) is 3.53. The predicted molar refractivity (Wildman–Crippen MR) is 71.5 cm³/mol. The molecule has 1 aromatic carbocycles. The van der Waals surface area contributed by atoms with Crippen LogP contribution in [0.15, 0.2) is 24.3 Å². The Labute approximate surface area is 104 Å². The van der Waals surface area contributed by atoms with Gasteiger partial charge in [-0.15, -0.1) is 0 Å². The number of benzene rings is 1. The van der Waals surface area contributed by atoms with E-state index < -0.39 is 0 Å². The topological polar surface area (TPSA) is 21.3 Å². The first-order chi connectivity index (χ1) is 8.24. The fraction of sp³-hybridized carbons (Fsp3) is 0.600. The molecule has 0 heterocycles. The van der Waals surface area contributed by atoms with E-state index in [0.29, 0.717) is 6.10 Å². The van der Waals surface area contributed by atoms with Gasteiger partial charge in [-0.05, 0) is 58.2 Å². The second-order valence-corrected chi connectivity index (χ2v) is 5.11. The zero-order chi connectivity index (χ0) is 12.1. The lowest BCUT2D eigenvalue weighted by atomic mass is 10.2. The van der Waals surface area contributed by atoms with Crippen LogP contribution in [0.2, 0.25) is 0 Å². The third-order valence-corrected chi connectivity index (χ3v) is 3.16. The second-order valence-electron chi connectivity index (χ2n) is 5.11. The van der Waals surface area contributed by atoms with Crippen LogP contribution in [0.1, 0.15) is 38.2 Å². The normalized spacial score (nSPS) is 16.8. The first-order valence-electron chi connectivity index (χ1n) is 6.71. The second kappa shape index (κ2) is 6.06. The molecule has 0 saturated heterocycles. The quantitative estimate of drug-likeness (QED) is 0.730. The standard InChI is InChI=1S/C15H23NO/c1-12-5-9-15(10-6-12)17-13(2)4-3-11-16-14-7-8-14/h5-6,9-10,13-14,16H,3-4,7-8,11H2,1-2H3. The summed E-state index contributed by atoms with van der Waals surface area (Å²) in [6.45, 7) is 5.38. The molecule has 2 nitrogen and oxygen atoms in total. The monoisotopic (exact) mass is 233 g/mol. The molecule has 1 N–H and O–H groups in total. The molecule has 1 aromatic rings. The summed E-state index contributed by atoms with van der Waals surface area (Å²) < 4.78 is 5.86. The first kappa shape index (κ1) is 12.4. The van der Waals surface area contributed by atoms with Crippen molar-refractivity contribution in [1.29, 1.82) is 0 Å². The van der Waals surface area contributed by atoms with E-state index in [-0.39, 0.29) is 0 Å². The number of hydrogen-bond acceptors (Lipinski definition) is 2. The summed E-state index contributed by atoms with van der Waals surface area (Å²) in [7, 11) is 0. The third-order valence-electron chi connectivity index (χ3n) is 3.16. The van der Waals surface area contributed by atoms with Crippen LogP contribution in [0, 0.1) is 6.92 Å². The van der Waals surface area contributed by atoms with E-state index in [1.54, 1.807) is 0 Å².